The largest absolute Gasteiger partial charge is 0.467 e. The van der Waals surface area contributed by atoms with Gasteiger partial charge < -0.3 is 14.2 Å². The Labute approximate surface area is 69.5 Å². The molecule has 0 unspecified atom stereocenters. The van der Waals surface area contributed by atoms with Crippen molar-refractivity contribution in [3.05, 3.63) is 0 Å². The van der Waals surface area contributed by atoms with Crippen molar-refractivity contribution in [3.8, 4) is 18.0 Å². The number of ether oxygens (including phenoxy) is 3. The summed E-state index contributed by atoms with van der Waals surface area (Å²) < 4.78 is 14.3. The van der Waals surface area contributed by atoms with Gasteiger partial charge in [0.05, 0.1) is 21.3 Å². The molecular formula is C6H9N3O3. The van der Waals surface area contributed by atoms with Crippen LogP contribution in [-0.4, -0.2) is 36.3 Å². The fraction of sp³-hybridized carbons (Fsp3) is 0.500. The van der Waals surface area contributed by atoms with E-state index >= 15 is 0 Å². The predicted octanol–water partition coefficient (Wildman–Crippen LogP) is -0.103. The Bertz CT molecular complexity index is 211. The van der Waals surface area contributed by atoms with E-state index in [4.69, 9.17) is 14.2 Å². The second-order valence-corrected chi connectivity index (χ2v) is 1.80. The van der Waals surface area contributed by atoms with Crippen molar-refractivity contribution in [1.29, 1.82) is 0 Å². The molecule has 0 fully saturated rings. The minimum Gasteiger partial charge on any atom is -0.467 e. The van der Waals surface area contributed by atoms with Gasteiger partial charge in [0.1, 0.15) is 0 Å². The van der Waals surface area contributed by atoms with Gasteiger partial charge in [0.15, 0.2) is 0 Å². The zero-order valence-corrected chi connectivity index (χ0v) is 7.07. The Morgan fingerprint density at radius 1 is 0.667 bits per heavy atom. The molecule has 12 heavy (non-hydrogen) atoms. The molecule has 1 aromatic rings. The first-order chi connectivity index (χ1) is 5.80. The topological polar surface area (TPSA) is 66.4 Å². The maximum atomic E-state index is 4.78. The van der Waals surface area contributed by atoms with Crippen LogP contribution in [0.2, 0.25) is 0 Å². The molecule has 0 aliphatic rings. The maximum absolute atomic E-state index is 4.78. The smallest absolute Gasteiger partial charge is 0.325 e. The molecule has 0 spiro atoms. The van der Waals surface area contributed by atoms with Crippen LogP contribution in [0.3, 0.4) is 0 Å². The fourth-order valence-corrected chi connectivity index (χ4v) is 0.594. The monoisotopic (exact) mass is 171 g/mol. The first-order valence-electron chi connectivity index (χ1n) is 3.18. The van der Waals surface area contributed by atoms with Crippen molar-refractivity contribution >= 4 is 0 Å². The van der Waals surface area contributed by atoms with Gasteiger partial charge in [0, 0.05) is 0 Å². The van der Waals surface area contributed by atoms with E-state index < -0.39 is 0 Å². The van der Waals surface area contributed by atoms with Crippen LogP contribution in [-0.2, 0) is 0 Å². The lowest BCUT2D eigenvalue weighted by Crippen LogP contribution is -2.01. The molecule has 0 N–H and O–H groups in total. The quantitative estimate of drug-likeness (QED) is 0.632. The number of aromatic nitrogens is 3. The summed E-state index contributed by atoms with van der Waals surface area (Å²) in [6.07, 6.45) is 0. The highest BCUT2D eigenvalue weighted by molar-refractivity contribution is 5.08. The van der Waals surface area contributed by atoms with Gasteiger partial charge in [0.25, 0.3) is 0 Å². The van der Waals surface area contributed by atoms with Crippen LogP contribution in [0.1, 0.15) is 0 Å². The van der Waals surface area contributed by atoms with Crippen molar-refractivity contribution in [2.45, 2.75) is 0 Å². The number of rotatable bonds is 3. The summed E-state index contributed by atoms with van der Waals surface area (Å²) in [6, 6.07) is 0.496. The van der Waals surface area contributed by atoms with Gasteiger partial charge in [-0.05, 0) is 0 Å². The molecule has 1 rings (SSSR count). The molecule has 0 aromatic carbocycles. The molecule has 0 saturated heterocycles. The molecule has 6 nitrogen and oxygen atoms in total. The second kappa shape index (κ2) is 3.70. The van der Waals surface area contributed by atoms with E-state index in [-0.39, 0.29) is 18.0 Å². The zero-order chi connectivity index (χ0) is 8.97. The summed E-state index contributed by atoms with van der Waals surface area (Å²) in [5, 5.41) is 0. The number of nitrogens with zero attached hydrogens (tertiary/aromatic N) is 3. The highest BCUT2D eigenvalue weighted by atomic mass is 16.5. The van der Waals surface area contributed by atoms with Crippen LogP contribution >= 0.6 is 0 Å². The average molecular weight is 171 g/mol. The lowest BCUT2D eigenvalue weighted by atomic mass is 10.9. The van der Waals surface area contributed by atoms with Crippen LogP contribution in [0, 0.1) is 0 Å². The summed E-state index contributed by atoms with van der Waals surface area (Å²) in [5.74, 6) is 0. The van der Waals surface area contributed by atoms with Crippen LogP contribution in [0.15, 0.2) is 0 Å². The third kappa shape index (κ3) is 1.71. The van der Waals surface area contributed by atoms with E-state index in [1.54, 1.807) is 0 Å². The van der Waals surface area contributed by atoms with Crippen LogP contribution < -0.4 is 14.2 Å². The van der Waals surface area contributed by atoms with Gasteiger partial charge in [-0.25, -0.2) is 0 Å². The standard InChI is InChI=1S/C6H9N3O3/c1-10-4-7-5(11-2)9-6(8-4)12-3/h1-3H3. The number of hydrogen-bond acceptors (Lipinski definition) is 6. The molecule has 0 bridgehead atoms. The third-order valence-electron chi connectivity index (χ3n) is 1.12. The molecule has 0 atom stereocenters. The van der Waals surface area contributed by atoms with Crippen LogP contribution in [0.25, 0.3) is 0 Å². The molecule has 6 heteroatoms. The summed E-state index contributed by atoms with van der Waals surface area (Å²) in [6.45, 7) is 0. The average Bonchev–Trinajstić information content (AvgIpc) is 2.16. The molecular weight excluding hydrogens is 162 g/mol. The van der Waals surface area contributed by atoms with Gasteiger partial charge in [-0.2, -0.15) is 0 Å². The van der Waals surface area contributed by atoms with Crippen molar-refractivity contribution in [2.75, 3.05) is 21.3 Å². The summed E-state index contributed by atoms with van der Waals surface area (Å²) in [4.78, 5) is 11.3. The molecule has 0 saturated carbocycles. The summed E-state index contributed by atoms with van der Waals surface area (Å²) in [7, 11) is 4.36. The van der Waals surface area contributed by atoms with Crippen molar-refractivity contribution < 1.29 is 14.2 Å². The Balaban J connectivity index is 3.01. The highest BCUT2D eigenvalue weighted by Crippen LogP contribution is 2.12. The SMILES string of the molecule is COc1nc(OC)nc(OC)n1. The summed E-state index contributed by atoms with van der Waals surface area (Å²) in [5.41, 5.74) is 0. The van der Waals surface area contributed by atoms with Gasteiger partial charge in [-0.15, -0.1) is 15.0 Å². The normalized spacial score (nSPS) is 9.25. The third-order valence-corrected chi connectivity index (χ3v) is 1.12. The predicted molar refractivity (Wildman–Crippen MR) is 39.5 cm³/mol. The van der Waals surface area contributed by atoms with E-state index in [2.05, 4.69) is 15.0 Å². The van der Waals surface area contributed by atoms with E-state index in [1.165, 1.54) is 21.3 Å². The minimum absolute atomic E-state index is 0.165. The molecule has 1 heterocycles. The fourth-order valence-electron chi connectivity index (χ4n) is 0.594. The Morgan fingerprint density at radius 3 is 1.08 bits per heavy atom. The van der Waals surface area contributed by atoms with Crippen molar-refractivity contribution in [2.24, 2.45) is 0 Å². The van der Waals surface area contributed by atoms with Gasteiger partial charge in [-0.1, -0.05) is 0 Å². The second-order valence-electron chi connectivity index (χ2n) is 1.80. The van der Waals surface area contributed by atoms with E-state index in [9.17, 15) is 0 Å². The lowest BCUT2D eigenvalue weighted by Gasteiger charge is -2.02. The maximum Gasteiger partial charge on any atom is 0.325 e. The Morgan fingerprint density at radius 2 is 0.917 bits per heavy atom. The van der Waals surface area contributed by atoms with Crippen LogP contribution in [0.4, 0.5) is 0 Å². The van der Waals surface area contributed by atoms with E-state index in [0.29, 0.717) is 0 Å². The van der Waals surface area contributed by atoms with Gasteiger partial charge in [-0.3, -0.25) is 0 Å². The molecule has 66 valence electrons. The zero-order valence-electron chi connectivity index (χ0n) is 7.07. The Kier molecular flexibility index (Phi) is 2.62. The molecule has 0 aliphatic carbocycles. The molecule has 0 aliphatic heterocycles. The first-order valence-corrected chi connectivity index (χ1v) is 3.18. The van der Waals surface area contributed by atoms with E-state index in [0.717, 1.165) is 0 Å². The van der Waals surface area contributed by atoms with Crippen LogP contribution in [0.5, 0.6) is 18.0 Å². The Hall–Kier alpha value is -1.59. The van der Waals surface area contributed by atoms with Gasteiger partial charge in [0.2, 0.25) is 0 Å². The first kappa shape index (κ1) is 8.51. The molecule has 0 amide bonds. The molecule has 0 radical (unpaired) electrons. The number of methoxy groups -OCH3 is 3. The highest BCUT2D eigenvalue weighted by Gasteiger charge is 2.05. The minimum atomic E-state index is 0.165. The molecule has 1 aromatic heterocycles. The van der Waals surface area contributed by atoms with Gasteiger partial charge >= 0.3 is 18.0 Å². The lowest BCUT2D eigenvalue weighted by molar-refractivity contribution is 0.307. The summed E-state index contributed by atoms with van der Waals surface area (Å²) >= 11 is 0. The number of hydrogen-bond donors (Lipinski definition) is 0. The van der Waals surface area contributed by atoms with E-state index in [1.807, 2.05) is 0 Å². The van der Waals surface area contributed by atoms with Crippen molar-refractivity contribution in [1.82, 2.24) is 15.0 Å². The van der Waals surface area contributed by atoms with Crippen molar-refractivity contribution in [3.63, 3.8) is 0 Å².